The van der Waals surface area contributed by atoms with E-state index < -0.39 is 22.0 Å². The van der Waals surface area contributed by atoms with Crippen LogP contribution in [-0.2, 0) is 19.6 Å². The second-order valence-corrected chi connectivity index (χ2v) is 8.97. The van der Waals surface area contributed by atoms with Gasteiger partial charge in [0.1, 0.15) is 6.04 Å². The minimum absolute atomic E-state index is 0.0490. The molecule has 0 fully saturated rings. The number of carbonyl (C=O) groups excluding carboxylic acids is 1. The van der Waals surface area contributed by atoms with Crippen molar-refractivity contribution in [2.75, 3.05) is 36.2 Å². The molecule has 9 heteroatoms. The highest BCUT2D eigenvalue weighted by atomic mass is 32.2. The molecule has 3 N–H and O–H groups in total. The number of thioether (sulfide) groups is 1. The lowest BCUT2D eigenvalue weighted by atomic mass is 10.1. The van der Waals surface area contributed by atoms with E-state index in [1.165, 1.54) is 31.0 Å². The molecule has 0 saturated carbocycles. The first-order valence-electron chi connectivity index (χ1n) is 8.52. The number of ether oxygens (including phenoxy) is 1. The summed E-state index contributed by atoms with van der Waals surface area (Å²) >= 11 is 5.51. The van der Waals surface area contributed by atoms with Crippen molar-refractivity contribution in [1.82, 2.24) is 4.72 Å². The summed E-state index contributed by atoms with van der Waals surface area (Å²) < 4.78 is 31.4. The van der Waals surface area contributed by atoms with E-state index >= 15 is 0 Å². The molecule has 0 radical (unpaired) electrons. The molecule has 24 heavy (non-hydrogen) atoms. The van der Waals surface area contributed by atoms with Crippen LogP contribution < -0.4 is 10.5 Å². The molecule has 0 aliphatic heterocycles. The van der Waals surface area contributed by atoms with Crippen molar-refractivity contribution < 1.29 is 17.9 Å². The Morgan fingerprint density at radius 1 is 1.21 bits per heavy atom. The fourth-order valence-electron chi connectivity index (χ4n) is 1.95. The van der Waals surface area contributed by atoms with E-state index in [1.807, 2.05) is 0 Å². The number of thiol groups is 1. The zero-order valence-corrected chi connectivity index (χ0v) is 17.1. The summed E-state index contributed by atoms with van der Waals surface area (Å²) in [5.41, 5.74) is 5.35. The van der Waals surface area contributed by atoms with Crippen LogP contribution in [0.5, 0.6) is 0 Å². The maximum Gasteiger partial charge on any atom is 0.325 e. The van der Waals surface area contributed by atoms with Crippen LogP contribution in [0.2, 0.25) is 0 Å². The summed E-state index contributed by atoms with van der Waals surface area (Å²) in [5.74, 6) is 0.624. The molecular weight excluding hydrogens is 368 g/mol. The quantitative estimate of drug-likeness (QED) is 0.208. The molecule has 0 aromatic rings. The summed E-state index contributed by atoms with van der Waals surface area (Å²) in [4.78, 5) is 11.9. The Kier molecular flexibility index (Phi) is 15.3. The van der Waals surface area contributed by atoms with Gasteiger partial charge < -0.3 is 10.5 Å². The molecule has 0 aliphatic rings. The smallest absolute Gasteiger partial charge is 0.325 e. The summed E-state index contributed by atoms with van der Waals surface area (Å²) in [6.07, 6.45) is 6.58. The topological polar surface area (TPSA) is 98.5 Å². The van der Waals surface area contributed by atoms with Gasteiger partial charge in [0.05, 0.1) is 12.4 Å². The third-order valence-corrected chi connectivity index (χ3v) is 6.32. The Balaban J connectivity index is 4.02. The van der Waals surface area contributed by atoms with Gasteiger partial charge in [0, 0.05) is 23.8 Å². The maximum absolute atomic E-state index is 11.9. The second-order valence-electron chi connectivity index (χ2n) is 5.51. The fourth-order valence-corrected chi connectivity index (χ4v) is 4.76. The average molecular weight is 401 g/mol. The molecule has 0 aliphatic carbocycles. The number of rotatable bonds is 16. The van der Waals surface area contributed by atoms with Crippen LogP contribution in [0.4, 0.5) is 0 Å². The van der Waals surface area contributed by atoms with Crippen LogP contribution in [0.3, 0.4) is 0 Å². The van der Waals surface area contributed by atoms with Gasteiger partial charge >= 0.3 is 5.97 Å². The molecule has 0 bridgehead atoms. The minimum Gasteiger partial charge on any atom is -0.464 e. The molecule has 6 nitrogen and oxygen atoms in total. The first-order chi connectivity index (χ1) is 11.5. The van der Waals surface area contributed by atoms with E-state index in [4.69, 9.17) is 10.5 Å². The number of carbonyl (C=O) groups is 1. The SMILES string of the molecule is CCCCCCCCOC(=O)[C@H](CS)NS(=O)(=O)CCSCCN. The molecule has 144 valence electrons. The molecule has 0 amide bonds. The number of esters is 1. The Morgan fingerprint density at radius 2 is 1.88 bits per heavy atom. The number of unbranched alkanes of at least 4 members (excludes halogenated alkanes) is 5. The van der Waals surface area contributed by atoms with Gasteiger partial charge in [-0.15, -0.1) is 0 Å². The fraction of sp³-hybridized carbons (Fsp3) is 0.933. The van der Waals surface area contributed by atoms with Crippen molar-refractivity contribution in [3.05, 3.63) is 0 Å². The summed E-state index contributed by atoms with van der Waals surface area (Å²) in [6, 6.07) is -0.932. The van der Waals surface area contributed by atoms with Crippen molar-refractivity contribution in [1.29, 1.82) is 0 Å². The lowest BCUT2D eigenvalue weighted by Crippen LogP contribution is -2.44. The lowest BCUT2D eigenvalue weighted by Gasteiger charge is -2.15. The monoisotopic (exact) mass is 400 g/mol. The van der Waals surface area contributed by atoms with Crippen molar-refractivity contribution in [2.24, 2.45) is 5.73 Å². The van der Waals surface area contributed by atoms with E-state index in [1.54, 1.807) is 0 Å². The third kappa shape index (κ3) is 13.3. The van der Waals surface area contributed by atoms with Gasteiger partial charge in [-0.2, -0.15) is 24.4 Å². The molecule has 0 spiro atoms. The largest absolute Gasteiger partial charge is 0.464 e. The van der Waals surface area contributed by atoms with Crippen molar-refractivity contribution in [2.45, 2.75) is 51.5 Å². The van der Waals surface area contributed by atoms with Crippen molar-refractivity contribution >= 4 is 40.4 Å². The van der Waals surface area contributed by atoms with Gasteiger partial charge in [-0.25, -0.2) is 13.1 Å². The molecule has 0 aromatic carbocycles. The molecule has 0 aromatic heterocycles. The summed E-state index contributed by atoms with van der Waals surface area (Å²) in [7, 11) is -3.53. The highest BCUT2D eigenvalue weighted by Gasteiger charge is 2.24. The molecule has 1 atom stereocenters. The second kappa shape index (κ2) is 15.3. The van der Waals surface area contributed by atoms with Gasteiger partial charge in [0.25, 0.3) is 0 Å². The van der Waals surface area contributed by atoms with E-state index in [0.29, 0.717) is 24.7 Å². The molecule has 0 saturated heterocycles. The Labute approximate surface area is 156 Å². The summed E-state index contributed by atoms with van der Waals surface area (Å²) in [5, 5.41) is 0. The lowest BCUT2D eigenvalue weighted by molar-refractivity contribution is -0.145. The average Bonchev–Trinajstić information content (AvgIpc) is 2.55. The van der Waals surface area contributed by atoms with Gasteiger partial charge in [0.15, 0.2) is 0 Å². The summed E-state index contributed by atoms with van der Waals surface area (Å²) in [6.45, 7) is 3.00. The van der Waals surface area contributed by atoms with E-state index in [0.717, 1.165) is 19.3 Å². The predicted octanol–water partition coefficient (Wildman–Crippen LogP) is 1.80. The minimum atomic E-state index is -3.53. The Hall–Kier alpha value is 0.0400. The molecule has 0 unspecified atom stereocenters. The van der Waals surface area contributed by atoms with E-state index in [9.17, 15) is 13.2 Å². The van der Waals surface area contributed by atoms with Crippen LogP contribution in [0.1, 0.15) is 45.4 Å². The number of hydrogen-bond donors (Lipinski definition) is 3. The van der Waals surface area contributed by atoms with Gasteiger partial charge in [-0.3, -0.25) is 4.79 Å². The first kappa shape index (κ1) is 24.0. The predicted molar refractivity (Wildman–Crippen MR) is 105 cm³/mol. The molecular formula is C15H32N2O4S3. The zero-order chi connectivity index (χ0) is 18.3. The van der Waals surface area contributed by atoms with Crippen LogP contribution in [0.25, 0.3) is 0 Å². The molecule has 0 rings (SSSR count). The first-order valence-corrected chi connectivity index (χ1v) is 12.0. The van der Waals surface area contributed by atoms with Crippen molar-refractivity contribution in [3.63, 3.8) is 0 Å². The van der Waals surface area contributed by atoms with Crippen LogP contribution in [0.15, 0.2) is 0 Å². The van der Waals surface area contributed by atoms with Crippen LogP contribution >= 0.6 is 24.4 Å². The maximum atomic E-state index is 11.9. The van der Waals surface area contributed by atoms with Gasteiger partial charge in [-0.1, -0.05) is 39.0 Å². The third-order valence-electron chi connectivity index (χ3n) is 3.29. The Morgan fingerprint density at radius 3 is 2.50 bits per heavy atom. The standard InChI is InChI=1S/C15H32N2O4S3/c1-2-3-4-5-6-7-9-21-15(18)14(13-22)17-24(19,20)12-11-23-10-8-16/h14,17,22H,2-13,16H2,1H3/t14-/m0/s1. The number of sulfonamides is 1. The highest BCUT2D eigenvalue weighted by Crippen LogP contribution is 2.06. The number of hydrogen-bond acceptors (Lipinski definition) is 7. The number of nitrogens with one attached hydrogen (secondary N) is 1. The zero-order valence-electron chi connectivity index (χ0n) is 14.5. The van der Waals surface area contributed by atoms with Gasteiger partial charge in [-0.05, 0) is 6.42 Å². The van der Waals surface area contributed by atoms with Gasteiger partial charge in [0.2, 0.25) is 10.0 Å². The van der Waals surface area contributed by atoms with E-state index in [2.05, 4.69) is 24.3 Å². The van der Waals surface area contributed by atoms with Crippen LogP contribution in [0, 0.1) is 0 Å². The number of nitrogens with two attached hydrogens (primary N) is 1. The van der Waals surface area contributed by atoms with Crippen molar-refractivity contribution in [3.8, 4) is 0 Å². The Bertz CT molecular complexity index is 419. The van der Waals surface area contributed by atoms with Crippen LogP contribution in [-0.4, -0.2) is 56.6 Å². The van der Waals surface area contributed by atoms with E-state index in [-0.39, 0.29) is 11.5 Å². The normalized spacial score (nSPS) is 13.0. The molecule has 0 heterocycles. The highest BCUT2D eigenvalue weighted by molar-refractivity contribution is 8.00.